The number of nitrogens with two attached hydrogens (primary N) is 1. The van der Waals surface area contributed by atoms with Gasteiger partial charge in [-0.1, -0.05) is 0 Å². The summed E-state index contributed by atoms with van der Waals surface area (Å²) in [4.78, 5) is 21.9. The maximum Gasteiger partial charge on any atom is 0.237 e. The lowest BCUT2D eigenvalue weighted by Gasteiger charge is -2.15. The van der Waals surface area contributed by atoms with Crippen molar-refractivity contribution in [2.45, 2.75) is 52.1 Å². The predicted molar refractivity (Wildman–Crippen MR) is 63.8 cm³/mol. The first-order valence-electron chi connectivity index (χ1n) is 5.75. The van der Waals surface area contributed by atoms with Crippen molar-refractivity contribution in [3.8, 4) is 0 Å². The van der Waals surface area contributed by atoms with Gasteiger partial charge in [0.05, 0.1) is 6.04 Å². The average Bonchev–Trinajstić information content (AvgIpc) is 2.15. The number of amides is 2. The molecule has 0 radical (unpaired) electrons. The number of nitrogens with one attached hydrogen (secondary N) is 2. The van der Waals surface area contributed by atoms with Crippen molar-refractivity contribution in [2.75, 3.05) is 6.54 Å². The lowest BCUT2D eigenvalue weighted by Crippen LogP contribution is -2.44. The first-order valence-corrected chi connectivity index (χ1v) is 5.75. The summed E-state index contributed by atoms with van der Waals surface area (Å²) >= 11 is 0. The lowest BCUT2D eigenvalue weighted by atomic mass is 10.2. The highest BCUT2D eigenvalue weighted by atomic mass is 16.2. The highest BCUT2D eigenvalue weighted by Gasteiger charge is 2.11. The van der Waals surface area contributed by atoms with Crippen LogP contribution in [-0.2, 0) is 9.59 Å². The summed E-state index contributed by atoms with van der Waals surface area (Å²) < 4.78 is 0. The Bertz CT molecular complexity index is 229. The topological polar surface area (TPSA) is 84.2 Å². The average molecular weight is 229 g/mol. The minimum atomic E-state index is -0.273. The molecule has 0 rings (SSSR count). The molecule has 0 saturated carbocycles. The molecule has 0 aliphatic carbocycles. The second-order valence-electron chi connectivity index (χ2n) is 4.26. The van der Waals surface area contributed by atoms with Crippen LogP contribution in [0.2, 0.25) is 0 Å². The first-order chi connectivity index (χ1) is 7.43. The third kappa shape index (κ3) is 8.23. The van der Waals surface area contributed by atoms with Crippen molar-refractivity contribution in [1.82, 2.24) is 10.6 Å². The van der Waals surface area contributed by atoms with Crippen LogP contribution in [-0.4, -0.2) is 30.4 Å². The molecule has 0 spiro atoms. The van der Waals surface area contributed by atoms with Gasteiger partial charge >= 0.3 is 0 Å². The molecule has 5 heteroatoms. The molecular weight excluding hydrogens is 206 g/mol. The molecule has 0 aromatic rings. The Hall–Kier alpha value is -1.10. The van der Waals surface area contributed by atoms with Crippen LogP contribution in [0, 0.1) is 0 Å². The van der Waals surface area contributed by atoms with Gasteiger partial charge in [-0.3, -0.25) is 9.59 Å². The summed E-state index contributed by atoms with van der Waals surface area (Å²) in [6, 6.07) is -0.0393. The molecule has 0 bridgehead atoms. The van der Waals surface area contributed by atoms with Crippen molar-refractivity contribution < 1.29 is 9.59 Å². The van der Waals surface area contributed by atoms with Gasteiger partial charge in [-0.15, -0.1) is 0 Å². The standard InChI is InChI=1S/C11H23N3O2/c1-8(2)14-11(16)9(3)13-7-5-4-6-10(12)15/h8-9,13H,4-7H2,1-3H3,(H2,12,15)(H,14,16). The number of carbonyl (C=O) groups is 2. The molecule has 0 heterocycles. The summed E-state index contributed by atoms with van der Waals surface area (Å²) in [5, 5.41) is 5.92. The number of hydrogen-bond donors (Lipinski definition) is 3. The van der Waals surface area contributed by atoms with E-state index in [1.54, 1.807) is 0 Å². The molecule has 16 heavy (non-hydrogen) atoms. The first kappa shape index (κ1) is 14.9. The van der Waals surface area contributed by atoms with Gasteiger partial charge in [0.25, 0.3) is 0 Å². The van der Waals surface area contributed by atoms with Crippen molar-refractivity contribution in [3.63, 3.8) is 0 Å². The Labute approximate surface area is 97.2 Å². The van der Waals surface area contributed by atoms with Gasteiger partial charge in [0, 0.05) is 12.5 Å². The summed E-state index contributed by atoms with van der Waals surface area (Å²) in [7, 11) is 0. The van der Waals surface area contributed by atoms with Crippen LogP contribution in [0.5, 0.6) is 0 Å². The van der Waals surface area contributed by atoms with Crippen LogP contribution in [0.1, 0.15) is 40.0 Å². The van der Waals surface area contributed by atoms with Gasteiger partial charge in [0.2, 0.25) is 11.8 Å². The van der Waals surface area contributed by atoms with Crippen molar-refractivity contribution in [3.05, 3.63) is 0 Å². The number of primary amides is 1. The minimum Gasteiger partial charge on any atom is -0.370 e. The zero-order valence-corrected chi connectivity index (χ0v) is 10.4. The molecule has 0 aliphatic heterocycles. The second-order valence-corrected chi connectivity index (χ2v) is 4.26. The van der Waals surface area contributed by atoms with E-state index in [2.05, 4.69) is 10.6 Å². The molecule has 0 aromatic carbocycles. The number of rotatable bonds is 8. The molecule has 0 aliphatic rings. The quantitative estimate of drug-likeness (QED) is 0.518. The van der Waals surface area contributed by atoms with Crippen LogP contribution in [0.25, 0.3) is 0 Å². The van der Waals surface area contributed by atoms with Gasteiger partial charge in [-0.05, 0) is 40.2 Å². The van der Waals surface area contributed by atoms with E-state index < -0.39 is 0 Å². The van der Waals surface area contributed by atoms with Gasteiger partial charge in [-0.25, -0.2) is 0 Å². The fourth-order valence-electron chi connectivity index (χ4n) is 1.25. The third-order valence-corrected chi connectivity index (χ3v) is 2.12. The van der Waals surface area contributed by atoms with Gasteiger partial charge in [0.1, 0.15) is 0 Å². The van der Waals surface area contributed by atoms with E-state index in [-0.39, 0.29) is 23.9 Å². The lowest BCUT2D eigenvalue weighted by molar-refractivity contribution is -0.123. The van der Waals surface area contributed by atoms with E-state index in [1.807, 2.05) is 20.8 Å². The third-order valence-electron chi connectivity index (χ3n) is 2.12. The molecule has 5 nitrogen and oxygen atoms in total. The molecular formula is C11H23N3O2. The normalized spacial score (nSPS) is 12.5. The number of carbonyl (C=O) groups excluding carboxylic acids is 2. The Kier molecular flexibility index (Phi) is 7.54. The summed E-state index contributed by atoms with van der Waals surface area (Å²) in [5.41, 5.74) is 5.01. The number of hydrogen-bond acceptors (Lipinski definition) is 3. The highest BCUT2D eigenvalue weighted by molar-refractivity contribution is 5.81. The zero-order chi connectivity index (χ0) is 12.6. The van der Waals surface area contributed by atoms with E-state index in [9.17, 15) is 9.59 Å². The Morgan fingerprint density at radius 3 is 2.31 bits per heavy atom. The van der Waals surface area contributed by atoms with E-state index in [1.165, 1.54) is 0 Å². The Balaban J connectivity index is 3.53. The predicted octanol–water partition coefficient (Wildman–Crippen LogP) is 0.145. The molecule has 94 valence electrons. The minimum absolute atomic E-state index is 0.00454. The van der Waals surface area contributed by atoms with Crippen molar-refractivity contribution in [2.24, 2.45) is 5.73 Å². The van der Waals surface area contributed by atoms with Crippen LogP contribution in [0.15, 0.2) is 0 Å². The molecule has 4 N–H and O–H groups in total. The van der Waals surface area contributed by atoms with E-state index in [0.29, 0.717) is 6.42 Å². The number of unbranched alkanes of at least 4 members (excludes halogenated alkanes) is 1. The van der Waals surface area contributed by atoms with Crippen LogP contribution in [0.4, 0.5) is 0 Å². The Morgan fingerprint density at radius 2 is 1.81 bits per heavy atom. The van der Waals surface area contributed by atoms with Crippen LogP contribution in [0.3, 0.4) is 0 Å². The van der Waals surface area contributed by atoms with Gasteiger partial charge < -0.3 is 16.4 Å². The van der Waals surface area contributed by atoms with Gasteiger partial charge in [-0.2, -0.15) is 0 Å². The Morgan fingerprint density at radius 1 is 1.19 bits per heavy atom. The molecule has 0 aromatic heterocycles. The summed E-state index contributed by atoms with van der Waals surface area (Å²) in [6.45, 7) is 6.40. The maximum absolute atomic E-state index is 11.5. The molecule has 0 fully saturated rings. The molecule has 2 amide bonds. The second kappa shape index (κ2) is 8.10. The fraction of sp³-hybridized carbons (Fsp3) is 0.818. The van der Waals surface area contributed by atoms with Crippen LogP contribution < -0.4 is 16.4 Å². The highest BCUT2D eigenvalue weighted by Crippen LogP contribution is 1.93. The van der Waals surface area contributed by atoms with Crippen molar-refractivity contribution in [1.29, 1.82) is 0 Å². The SMILES string of the molecule is CC(C)NC(=O)C(C)NCCCCC(N)=O. The van der Waals surface area contributed by atoms with E-state index >= 15 is 0 Å². The van der Waals surface area contributed by atoms with E-state index in [4.69, 9.17) is 5.73 Å². The van der Waals surface area contributed by atoms with Crippen LogP contribution >= 0.6 is 0 Å². The maximum atomic E-state index is 11.5. The molecule has 1 atom stereocenters. The molecule has 0 saturated heterocycles. The zero-order valence-electron chi connectivity index (χ0n) is 10.4. The largest absolute Gasteiger partial charge is 0.370 e. The fourth-order valence-corrected chi connectivity index (χ4v) is 1.25. The van der Waals surface area contributed by atoms with Gasteiger partial charge in [0.15, 0.2) is 0 Å². The smallest absolute Gasteiger partial charge is 0.237 e. The monoisotopic (exact) mass is 229 g/mol. The molecule has 1 unspecified atom stereocenters. The summed E-state index contributed by atoms with van der Waals surface area (Å²) in [5.74, 6) is -0.268. The van der Waals surface area contributed by atoms with E-state index in [0.717, 1.165) is 19.4 Å². The summed E-state index contributed by atoms with van der Waals surface area (Å²) in [6.07, 6.45) is 2.03. The van der Waals surface area contributed by atoms with Crippen molar-refractivity contribution >= 4 is 11.8 Å².